The second-order valence-corrected chi connectivity index (χ2v) is 5.71. The zero-order valence-corrected chi connectivity index (χ0v) is 12.8. The predicted octanol–water partition coefficient (Wildman–Crippen LogP) is 2.30. The fraction of sp³-hybridized carbons (Fsp3) is 0.222. The standard InChI is InChI=1S/C18H18N4O/c23-18(17-14-16-8-4-5-9-22(16)19-17)21-12-10-20(11-13-21)15-6-2-1-3-7-15/h1-9,14H,10-13H2. The van der Waals surface area contributed by atoms with Gasteiger partial charge in [-0.15, -0.1) is 0 Å². The molecule has 1 aromatic carbocycles. The molecule has 1 amide bonds. The van der Waals surface area contributed by atoms with Crippen LogP contribution in [0.25, 0.3) is 5.52 Å². The maximum atomic E-state index is 12.6. The molecule has 5 heteroatoms. The van der Waals surface area contributed by atoms with Crippen LogP contribution in [0, 0.1) is 0 Å². The number of rotatable bonds is 2. The van der Waals surface area contributed by atoms with Gasteiger partial charge in [0, 0.05) is 38.1 Å². The Morgan fingerprint density at radius 1 is 0.913 bits per heavy atom. The molecule has 0 radical (unpaired) electrons. The minimum absolute atomic E-state index is 0.0152. The van der Waals surface area contributed by atoms with Crippen molar-refractivity contribution in [3.05, 3.63) is 66.5 Å². The Morgan fingerprint density at radius 3 is 2.39 bits per heavy atom. The Bertz CT molecular complexity index is 786. The number of aromatic nitrogens is 2. The zero-order chi connectivity index (χ0) is 15.6. The normalized spacial score (nSPS) is 15.1. The Kier molecular flexibility index (Phi) is 3.46. The van der Waals surface area contributed by atoms with E-state index in [0.717, 1.165) is 31.7 Å². The van der Waals surface area contributed by atoms with Crippen molar-refractivity contribution in [2.45, 2.75) is 0 Å². The predicted molar refractivity (Wildman–Crippen MR) is 89.8 cm³/mol. The Balaban J connectivity index is 1.46. The number of nitrogens with zero attached hydrogens (tertiary/aromatic N) is 4. The highest BCUT2D eigenvalue weighted by Crippen LogP contribution is 2.17. The van der Waals surface area contributed by atoms with E-state index in [1.54, 1.807) is 4.52 Å². The Hall–Kier alpha value is -2.82. The highest BCUT2D eigenvalue weighted by atomic mass is 16.2. The third-order valence-electron chi connectivity index (χ3n) is 4.28. The first kappa shape index (κ1) is 13.8. The van der Waals surface area contributed by atoms with Gasteiger partial charge < -0.3 is 9.80 Å². The molecule has 116 valence electrons. The minimum atomic E-state index is 0.0152. The summed E-state index contributed by atoms with van der Waals surface area (Å²) in [5.41, 5.74) is 2.68. The van der Waals surface area contributed by atoms with Crippen LogP contribution in [-0.4, -0.2) is 46.6 Å². The number of benzene rings is 1. The summed E-state index contributed by atoms with van der Waals surface area (Å²) in [5.74, 6) is 0.0152. The number of anilines is 1. The summed E-state index contributed by atoms with van der Waals surface area (Å²) in [6.07, 6.45) is 1.86. The molecule has 4 rings (SSSR count). The van der Waals surface area contributed by atoms with E-state index in [0.29, 0.717) is 5.69 Å². The molecule has 0 aliphatic carbocycles. The molecule has 0 N–H and O–H groups in total. The fourth-order valence-electron chi connectivity index (χ4n) is 3.01. The first-order chi connectivity index (χ1) is 11.3. The summed E-state index contributed by atoms with van der Waals surface area (Å²) in [4.78, 5) is 16.8. The van der Waals surface area contributed by atoms with Crippen molar-refractivity contribution < 1.29 is 4.79 Å². The molecule has 0 atom stereocenters. The van der Waals surface area contributed by atoms with E-state index < -0.39 is 0 Å². The van der Waals surface area contributed by atoms with Crippen molar-refractivity contribution in [3.8, 4) is 0 Å². The largest absolute Gasteiger partial charge is 0.368 e. The van der Waals surface area contributed by atoms with Gasteiger partial charge in [-0.1, -0.05) is 24.3 Å². The maximum absolute atomic E-state index is 12.6. The topological polar surface area (TPSA) is 40.9 Å². The van der Waals surface area contributed by atoms with Gasteiger partial charge in [0.15, 0.2) is 5.69 Å². The molecule has 0 saturated carbocycles. The van der Waals surface area contributed by atoms with E-state index in [4.69, 9.17) is 0 Å². The third kappa shape index (κ3) is 2.65. The monoisotopic (exact) mass is 306 g/mol. The van der Waals surface area contributed by atoms with Crippen LogP contribution in [0.3, 0.4) is 0 Å². The summed E-state index contributed by atoms with van der Waals surface area (Å²) in [7, 11) is 0. The number of amides is 1. The van der Waals surface area contributed by atoms with E-state index in [1.807, 2.05) is 53.6 Å². The number of carbonyl (C=O) groups excluding carboxylic acids is 1. The summed E-state index contributed by atoms with van der Waals surface area (Å²) in [5, 5.41) is 4.38. The number of pyridine rings is 1. The Labute approximate surface area is 134 Å². The average molecular weight is 306 g/mol. The van der Waals surface area contributed by atoms with Gasteiger partial charge in [-0.05, 0) is 30.3 Å². The smallest absolute Gasteiger partial charge is 0.274 e. The Morgan fingerprint density at radius 2 is 1.65 bits per heavy atom. The molecular formula is C18H18N4O. The second kappa shape index (κ2) is 5.76. The molecule has 0 unspecified atom stereocenters. The molecule has 1 aliphatic heterocycles. The van der Waals surface area contributed by atoms with Crippen molar-refractivity contribution in [2.24, 2.45) is 0 Å². The summed E-state index contributed by atoms with van der Waals surface area (Å²) >= 11 is 0. The van der Waals surface area contributed by atoms with Crippen LogP contribution in [0.2, 0.25) is 0 Å². The molecule has 2 aromatic heterocycles. The highest BCUT2D eigenvalue weighted by molar-refractivity contribution is 5.93. The lowest BCUT2D eigenvalue weighted by Crippen LogP contribution is -2.48. The summed E-state index contributed by atoms with van der Waals surface area (Å²) < 4.78 is 1.74. The second-order valence-electron chi connectivity index (χ2n) is 5.71. The van der Waals surface area contributed by atoms with Crippen molar-refractivity contribution in [1.29, 1.82) is 0 Å². The van der Waals surface area contributed by atoms with Crippen LogP contribution in [0.15, 0.2) is 60.8 Å². The zero-order valence-electron chi connectivity index (χ0n) is 12.8. The summed E-state index contributed by atoms with van der Waals surface area (Å²) in [6.45, 7) is 3.15. The van der Waals surface area contributed by atoms with E-state index in [-0.39, 0.29) is 5.91 Å². The average Bonchev–Trinajstić information content (AvgIpc) is 3.06. The number of carbonyl (C=O) groups is 1. The molecule has 0 bridgehead atoms. The van der Waals surface area contributed by atoms with Crippen molar-refractivity contribution in [3.63, 3.8) is 0 Å². The molecule has 5 nitrogen and oxygen atoms in total. The van der Waals surface area contributed by atoms with Crippen molar-refractivity contribution in [1.82, 2.24) is 14.5 Å². The van der Waals surface area contributed by atoms with Crippen LogP contribution in [0.4, 0.5) is 5.69 Å². The number of piperazine rings is 1. The number of hydrogen-bond donors (Lipinski definition) is 0. The maximum Gasteiger partial charge on any atom is 0.274 e. The molecule has 0 spiro atoms. The van der Waals surface area contributed by atoms with Crippen molar-refractivity contribution >= 4 is 17.1 Å². The molecule has 23 heavy (non-hydrogen) atoms. The van der Waals surface area contributed by atoms with Gasteiger partial charge >= 0.3 is 0 Å². The quantitative estimate of drug-likeness (QED) is 0.729. The van der Waals surface area contributed by atoms with E-state index in [2.05, 4.69) is 22.1 Å². The van der Waals surface area contributed by atoms with Crippen LogP contribution in [0.5, 0.6) is 0 Å². The van der Waals surface area contributed by atoms with Crippen molar-refractivity contribution in [2.75, 3.05) is 31.1 Å². The minimum Gasteiger partial charge on any atom is -0.368 e. The van der Waals surface area contributed by atoms with E-state index >= 15 is 0 Å². The van der Waals surface area contributed by atoms with Gasteiger partial charge in [-0.3, -0.25) is 4.79 Å². The highest BCUT2D eigenvalue weighted by Gasteiger charge is 2.23. The van der Waals surface area contributed by atoms with E-state index in [9.17, 15) is 4.79 Å². The van der Waals surface area contributed by atoms with Crippen LogP contribution in [-0.2, 0) is 0 Å². The van der Waals surface area contributed by atoms with Crippen LogP contribution >= 0.6 is 0 Å². The molecule has 1 saturated heterocycles. The number of fused-ring (bicyclic) bond motifs is 1. The van der Waals surface area contributed by atoms with Crippen LogP contribution < -0.4 is 4.90 Å². The SMILES string of the molecule is O=C(c1cc2ccccn2n1)N1CCN(c2ccccc2)CC1. The van der Waals surface area contributed by atoms with Gasteiger partial charge in [-0.25, -0.2) is 4.52 Å². The molecule has 1 fully saturated rings. The lowest BCUT2D eigenvalue weighted by atomic mass is 10.2. The van der Waals surface area contributed by atoms with Gasteiger partial charge in [0.1, 0.15) is 0 Å². The van der Waals surface area contributed by atoms with E-state index in [1.165, 1.54) is 5.69 Å². The first-order valence-electron chi connectivity index (χ1n) is 7.85. The molecular weight excluding hydrogens is 288 g/mol. The van der Waals surface area contributed by atoms with Gasteiger partial charge in [-0.2, -0.15) is 5.10 Å². The summed E-state index contributed by atoms with van der Waals surface area (Å²) in [6, 6.07) is 18.0. The van der Waals surface area contributed by atoms with Gasteiger partial charge in [0.2, 0.25) is 0 Å². The van der Waals surface area contributed by atoms with Gasteiger partial charge in [0.25, 0.3) is 5.91 Å². The first-order valence-corrected chi connectivity index (χ1v) is 7.85. The molecule has 1 aliphatic rings. The lowest BCUT2D eigenvalue weighted by Gasteiger charge is -2.35. The van der Waals surface area contributed by atoms with Crippen LogP contribution in [0.1, 0.15) is 10.5 Å². The molecule has 3 aromatic rings. The third-order valence-corrected chi connectivity index (χ3v) is 4.28. The lowest BCUT2D eigenvalue weighted by molar-refractivity contribution is 0.0740. The fourth-order valence-corrected chi connectivity index (χ4v) is 3.01. The number of para-hydroxylation sites is 1. The molecule has 3 heterocycles. The number of hydrogen-bond acceptors (Lipinski definition) is 3. The van der Waals surface area contributed by atoms with Gasteiger partial charge in [0.05, 0.1) is 5.52 Å².